The number of ketones is 1. The molecule has 0 amide bonds. The number of hydrogen-bond acceptors (Lipinski definition) is 6. The van der Waals surface area contributed by atoms with Gasteiger partial charge < -0.3 is 14.6 Å². The Labute approximate surface area is 312 Å². The fourth-order valence-electron chi connectivity index (χ4n) is 5.44. The first-order valence-electron chi connectivity index (χ1n) is 18.0. The predicted molar refractivity (Wildman–Crippen MR) is 214 cm³/mol. The van der Waals surface area contributed by atoms with E-state index in [0.717, 1.165) is 31.6 Å². The van der Waals surface area contributed by atoms with E-state index in [9.17, 15) is 18.0 Å². The molecular weight excluding hydrogens is 708 g/mol. The first kappa shape index (κ1) is 44.9. The van der Waals surface area contributed by atoms with Crippen molar-refractivity contribution in [3.63, 3.8) is 0 Å². The fourth-order valence-corrected chi connectivity index (χ4v) is 9.23. The van der Waals surface area contributed by atoms with Crippen molar-refractivity contribution < 1.29 is 26.8 Å². The molecular formula is C39H64F3NO3S2Si2. The highest BCUT2D eigenvalue weighted by Gasteiger charge is 2.41. The molecule has 50 heavy (non-hydrogen) atoms. The number of nitrogen functional groups attached to an aromatic ring is 1. The van der Waals surface area contributed by atoms with Crippen molar-refractivity contribution in [3.05, 3.63) is 54.1 Å². The molecule has 2 aromatic carbocycles. The van der Waals surface area contributed by atoms with Crippen LogP contribution in [-0.4, -0.2) is 46.4 Å². The number of alkyl halides is 3. The molecule has 2 aromatic rings. The highest BCUT2D eigenvalue weighted by molar-refractivity contribution is 8.00. The summed E-state index contributed by atoms with van der Waals surface area (Å²) in [6, 6.07) is 14.7. The second-order valence-electron chi connectivity index (χ2n) is 16.8. The number of hydrogen-bond donors (Lipinski definition) is 1. The first-order valence-corrected chi connectivity index (χ1v) is 25.9. The Morgan fingerprint density at radius 3 is 1.52 bits per heavy atom. The van der Waals surface area contributed by atoms with E-state index in [0.29, 0.717) is 28.7 Å². The summed E-state index contributed by atoms with van der Waals surface area (Å²) in [7, 11) is -3.23. The molecule has 0 bridgehead atoms. The van der Waals surface area contributed by atoms with E-state index >= 15 is 0 Å². The number of anilines is 1. The van der Waals surface area contributed by atoms with Gasteiger partial charge in [0.05, 0.1) is 0 Å². The van der Waals surface area contributed by atoms with E-state index in [1.807, 2.05) is 11.8 Å². The van der Waals surface area contributed by atoms with Crippen molar-refractivity contribution in [1.82, 2.24) is 0 Å². The summed E-state index contributed by atoms with van der Waals surface area (Å²) in [6.45, 7) is 23.1. The van der Waals surface area contributed by atoms with Gasteiger partial charge in [0.15, 0.2) is 16.6 Å². The molecule has 4 rings (SSSR count). The quantitative estimate of drug-likeness (QED) is 0.164. The lowest BCUT2D eigenvalue weighted by Gasteiger charge is -2.41. The molecule has 0 aliphatic heterocycles. The summed E-state index contributed by atoms with van der Waals surface area (Å²) in [5.74, 6) is 1.25. The molecule has 0 aromatic heterocycles. The van der Waals surface area contributed by atoms with Gasteiger partial charge in [-0.25, -0.2) is 0 Å². The molecule has 0 saturated heterocycles. The summed E-state index contributed by atoms with van der Waals surface area (Å²) in [5, 5.41) is 0.595. The van der Waals surface area contributed by atoms with Crippen molar-refractivity contribution in [2.75, 3.05) is 12.0 Å². The third-order valence-corrected chi connectivity index (χ3v) is 21.2. The van der Waals surface area contributed by atoms with Crippen molar-refractivity contribution >= 4 is 51.6 Å². The van der Waals surface area contributed by atoms with Crippen LogP contribution in [0.2, 0.25) is 36.3 Å². The van der Waals surface area contributed by atoms with Gasteiger partial charge in [-0.2, -0.15) is 13.2 Å². The van der Waals surface area contributed by atoms with E-state index in [-0.39, 0.29) is 21.7 Å². The fraction of sp³-hybridized carbons (Fsp3) is 0.667. The number of rotatable bonds is 8. The minimum Gasteiger partial charge on any atom is -0.414 e. The molecule has 2 aliphatic carbocycles. The standard InChI is InChI=1S/C20H34OSSi.C12H24O2Si.C7H6F3NS/c1-20(2,3)23(5,6)21-18-11-7-16(8-12-18)15-17-9-13-19(22-4)14-10-17;1-12(2,3)15(4,5)14-11-8-6-10(13)7-9-11;8-7(9,10)12-6-3-1-5(11)2-4-6/h9-10,13-14,16,18H,7-8,11-12,15H2,1-6H3;11H,6-9H2,1-5H3;1-4H,11H2. The Kier molecular flexibility index (Phi) is 17.2. The average Bonchev–Trinajstić information content (AvgIpc) is 2.99. The number of nitrogens with two attached hydrogens (primary N) is 1. The maximum Gasteiger partial charge on any atom is 0.446 e. The zero-order valence-electron chi connectivity index (χ0n) is 32.5. The molecule has 2 saturated carbocycles. The van der Waals surface area contributed by atoms with Crippen LogP contribution in [0, 0.1) is 5.92 Å². The van der Waals surface area contributed by atoms with E-state index in [2.05, 4.69) is 98.3 Å². The van der Waals surface area contributed by atoms with Gasteiger partial charge in [-0.1, -0.05) is 53.7 Å². The number of benzene rings is 2. The van der Waals surface area contributed by atoms with Crippen molar-refractivity contribution in [3.8, 4) is 0 Å². The second-order valence-corrected chi connectivity index (χ2v) is 28.3. The Hall–Kier alpha value is -1.25. The summed E-state index contributed by atoms with van der Waals surface area (Å²) >= 11 is 1.67. The Bertz CT molecular complexity index is 1290. The van der Waals surface area contributed by atoms with Crippen LogP contribution in [0.15, 0.2) is 58.3 Å². The maximum absolute atomic E-state index is 11.8. The van der Waals surface area contributed by atoms with Crippen LogP contribution in [0.1, 0.15) is 98.5 Å². The van der Waals surface area contributed by atoms with Crippen molar-refractivity contribution in [2.24, 2.45) is 5.92 Å². The molecule has 0 spiro atoms. The van der Waals surface area contributed by atoms with E-state index in [1.165, 1.54) is 66.8 Å². The highest BCUT2D eigenvalue weighted by Crippen LogP contribution is 2.41. The van der Waals surface area contributed by atoms with Crippen LogP contribution in [0.4, 0.5) is 18.9 Å². The molecule has 4 nitrogen and oxygen atoms in total. The number of carbonyl (C=O) groups is 1. The van der Waals surface area contributed by atoms with Gasteiger partial charge in [0.1, 0.15) is 5.78 Å². The molecule has 11 heteroatoms. The van der Waals surface area contributed by atoms with E-state index in [4.69, 9.17) is 14.6 Å². The monoisotopic (exact) mass is 771 g/mol. The third-order valence-electron chi connectivity index (χ3n) is 10.6. The molecule has 0 heterocycles. The zero-order valence-corrected chi connectivity index (χ0v) is 36.1. The minimum absolute atomic E-state index is 0.146. The lowest BCUT2D eigenvalue weighted by Crippen LogP contribution is -2.44. The lowest BCUT2D eigenvalue weighted by molar-refractivity contribution is -0.121. The van der Waals surface area contributed by atoms with Crippen LogP contribution in [0.3, 0.4) is 0 Å². The van der Waals surface area contributed by atoms with E-state index in [1.54, 1.807) is 0 Å². The Morgan fingerprint density at radius 1 is 0.700 bits per heavy atom. The topological polar surface area (TPSA) is 61.5 Å². The summed E-state index contributed by atoms with van der Waals surface area (Å²) in [4.78, 5) is 12.6. The molecule has 2 aliphatic rings. The van der Waals surface area contributed by atoms with Crippen molar-refractivity contribution in [1.29, 1.82) is 0 Å². The summed E-state index contributed by atoms with van der Waals surface area (Å²) in [5.41, 5.74) is 3.03. The number of halogens is 3. The average molecular weight is 772 g/mol. The summed E-state index contributed by atoms with van der Waals surface area (Å²) < 4.78 is 48.2. The van der Waals surface area contributed by atoms with Crippen LogP contribution in [-0.2, 0) is 20.1 Å². The van der Waals surface area contributed by atoms with Crippen molar-refractivity contribution in [2.45, 2.75) is 163 Å². The number of thioether (sulfide) groups is 2. The number of Topliss-reactive ketones (excluding diaryl/α,β-unsaturated/α-hetero) is 1. The van der Waals surface area contributed by atoms with Crippen LogP contribution < -0.4 is 5.73 Å². The molecule has 0 atom stereocenters. The number of carbonyl (C=O) groups excluding carboxylic acids is 1. The van der Waals surface area contributed by atoms with Gasteiger partial charge in [0, 0.05) is 40.5 Å². The molecule has 0 radical (unpaired) electrons. The van der Waals surface area contributed by atoms with Crippen LogP contribution in [0.25, 0.3) is 0 Å². The Morgan fingerprint density at radius 2 is 1.12 bits per heavy atom. The minimum atomic E-state index is -4.23. The van der Waals surface area contributed by atoms with Gasteiger partial charge in [0.25, 0.3) is 0 Å². The summed E-state index contributed by atoms with van der Waals surface area (Å²) in [6.07, 6.45) is 12.7. The molecule has 0 unspecified atom stereocenters. The SMILES string of the molecule is CC(C)(C)[Si](C)(C)OC1CCC(=O)CC1.CSc1ccc(CC2CCC(O[Si](C)(C)C(C)(C)C)CC2)cc1.Nc1ccc(SC(F)(F)F)cc1. The highest BCUT2D eigenvalue weighted by atomic mass is 32.2. The first-order chi connectivity index (χ1) is 22.9. The second kappa shape index (κ2) is 19.2. The van der Waals surface area contributed by atoms with Gasteiger partial charge in [-0.3, -0.25) is 4.79 Å². The normalized spacial score (nSPS) is 19.6. The largest absolute Gasteiger partial charge is 0.446 e. The van der Waals surface area contributed by atoms with Gasteiger partial charge in [-0.05, 0) is 147 Å². The van der Waals surface area contributed by atoms with E-state index < -0.39 is 22.1 Å². The van der Waals surface area contributed by atoms with Crippen LogP contribution in [0.5, 0.6) is 0 Å². The van der Waals surface area contributed by atoms with Gasteiger partial charge >= 0.3 is 5.51 Å². The maximum atomic E-state index is 11.8. The molecule has 2 fully saturated rings. The molecule has 2 N–H and O–H groups in total. The predicted octanol–water partition coefficient (Wildman–Crippen LogP) is 12.9. The lowest BCUT2D eigenvalue weighted by atomic mass is 9.83. The molecule has 284 valence electrons. The van der Waals surface area contributed by atoms with Crippen LogP contribution >= 0.6 is 23.5 Å². The van der Waals surface area contributed by atoms with Gasteiger partial charge in [0.2, 0.25) is 0 Å². The van der Waals surface area contributed by atoms with Gasteiger partial charge in [-0.15, -0.1) is 11.8 Å². The zero-order chi connectivity index (χ0) is 38.0. The third kappa shape index (κ3) is 16.2. The smallest absolute Gasteiger partial charge is 0.414 e. The Balaban J connectivity index is 0.000000278.